The van der Waals surface area contributed by atoms with Crippen LogP contribution in [0.5, 0.6) is 0 Å². The summed E-state index contributed by atoms with van der Waals surface area (Å²) in [4.78, 5) is 21.9. The van der Waals surface area contributed by atoms with Gasteiger partial charge in [-0.05, 0) is 34.5 Å². The molecule has 1 amide bonds. The summed E-state index contributed by atoms with van der Waals surface area (Å²) in [6, 6.07) is 3.38. The van der Waals surface area contributed by atoms with E-state index in [9.17, 15) is 9.59 Å². The SMILES string of the molecule is CC(=O)Nc1c(Br)ccc(C)c1C(=O)O. The topological polar surface area (TPSA) is 66.4 Å². The van der Waals surface area contributed by atoms with Crippen LogP contribution in [-0.4, -0.2) is 17.0 Å². The summed E-state index contributed by atoms with van der Waals surface area (Å²) in [7, 11) is 0. The zero-order chi connectivity index (χ0) is 11.6. The Morgan fingerprint density at radius 1 is 1.40 bits per heavy atom. The number of aromatic carboxylic acids is 1. The number of benzene rings is 1. The van der Waals surface area contributed by atoms with Crippen molar-refractivity contribution in [3.8, 4) is 0 Å². The molecule has 0 aliphatic rings. The van der Waals surface area contributed by atoms with E-state index >= 15 is 0 Å². The molecule has 0 unspecified atom stereocenters. The number of carboxylic acid groups (broad SMARTS) is 1. The van der Waals surface area contributed by atoms with Crippen LogP contribution in [0.3, 0.4) is 0 Å². The maximum atomic E-state index is 11.0. The molecule has 80 valence electrons. The lowest BCUT2D eigenvalue weighted by atomic mass is 10.1. The van der Waals surface area contributed by atoms with E-state index in [4.69, 9.17) is 5.11 Å². The van der Waals surface area contributed by atoms with Gasteiger partial charge in [-0.1, -0.05) is 6.07 Å². The number of amides is 1. The van der Waals surface area contributed by atoms with E-state index in [1.807, 2.05) is 0 Å². The van der Waals surface area contributed by atoms with Gasteiger partial charge in [-0.25, -0.2) is 4.79 Å². The van der Waals surface area contributed by atoms with Gasteiger partial charge in [0, 0.05) is 11.4 Å². The van der Waals surface area contributed by atoms with E-state index in [0.717, 1.165) is 0 Å². The van der Waals surface area contributed by atoms with Crippen LogP contribution in [0.4, 0.5) is 5.69 Å². The molecular formula is C10H10BrNO3. The zero-order valence-electron chi connectivity index (χ0n) is 8.30. The van der Waals surface area contributed by atoms with Crippen LogP contribution in [0.1, 0.15) is 22.8 Å². The highest BCUT2D eigenvalue weighted by Crippen LogP contribution is 2.29. The maximum Gasteiger partial charge on any atom is 0.338 e. The fourth-order valence-corrected chi connectivity index (χ4v) is 1.68. The van der Waals surface area contributed by atoms with Crippen LogP contribution in [0.15, 0.2) is 16.6 Å². The fourth-order valence-electron chi connectivity index (χ4n) is 1.26. The minimum atomic E-state index is -1.06. The highest BCUT2D eigenvalue weighted by molar-refractivity contribution is 9.10. The normalized spacial score (nSPS) is 9.80. The summed E-state index contributed by atoms with van der Waals surface area (Å²) in [5.74, 6) is -1.36. The first kappa shape index (κ1) is 11.7. The minimum Gasteiger partial charge on any atom is -0.478 e. The number of carbonyl (C=O) groups is 2. The third-order valence-electron chi connectivity index (χ3n) is 1.88. The molecule has 0 bridgehead atoms. The molecule has 1 aromatic carbocycles. The second-order valence-corrected chi connectivity index (χ2v) is 3.95. The van der Waals surface area contributed by atoms with Crippen molar-refractivity contribution in [3.05, 3.63) is 27.7 Å². The Balaban J connectivity index is 3.38. The molecule has 1 aromatic rings. The predicted molar refractivity (Wildman–Crippen MR) is 60.1 cm³/mol. The molecule has 0 aliphatic carbocycles. The van der Waals surface area contributed by atoms with E-state index in [1.54, 1.807) is 19.1 Å². The number of hydrogen-bond donors (Lipinski definition) is 2. The van der Waals surface area contributed by atoms with Crippen molar-refractivity contribution in [2.24, 2.45) is 0 Å². The second-order valence-electron chi connectivity index (χ2n) is 3.10. The smallest absolute Gasteiger partial charge is 0.338 e. The number of halogens is 1. The van der Waals surface area contributed by atoms with Crippen LogP contribution in [0, 0.1) is 6.92 Å². The highest BCUT2D eigenvalue weighted by atomic mass is 79.9. The molecule has 15 heavy (non-hydrogen) atoms. The molecule has 0 heterocycles. The first-order valence-electron chi connectivity index (χ1n) is 4.23. The lowest BCUT2D eigenvalue weighted by Gasteiger charge is -2.11. The van der Waals surface area contributed by atoms with Gasteiger partial charge in [0.25, 0.3) is 0 Å². The lowest BCUT2D eigenvalue weighted by Crippen LogP contribution is -2.12. The molecule has 0 aliphatic heterocycles. The van der Waals surface area contributed by atoms with Crippen LogP contribution < -0.4 is 5.32 Å². The van der Waals surface area contributed by atoms with Gasteiger partial charge >= 0.3 is 5.97 Å². The molecule has 5 heteroatoms. The van der Waals surface area contributed by atoms with E-state index in [-0.39, 0.29) is 11.5 Å². The van der Waals surface area contributed by atoms with E-state index in [0.29, 0.717) is 15.7 Å². The quantitative estimate of drug-likeness (QED) is 0.868. The first-order chi connectivity index (χ1) is 6.93. The highest BCUT2D eigenvalue weighted by Gasteiger charge is 2.16. The van der Waals surface area contributed by atoms with Crippen molar-refractivity contribution in [2.75, 3.05) is 5.32 Å². The largest absolute Gasteiger partial charge is 0.478 e. The number of hydrogen-bond acceptors (Lipinski definition) is 2. The average Bonchev–Trinajstić information content (AvgIpc) is 2.10. The van der Waals surface area contributed by atoms with Gasteiger partial charge in [0.1, 0.15) is 0 Å². The molecule has 1 rings (SSSR count). The van der Waals surface area contributed by atoms with Crippen LogP contribution in [0.25, 0.3) is 0 Å². The monoisotopic (exact) mass is 271 g/mol. The number of nitrogens with one attached hydrogen (secondary N) is 1. The number of rotatable bonds is 2. The van der Waals surface area contributed by atoms with Crippen molar-refractivity contribution in [1.29, 1.82) is 0 Å². The Hall–Kier alpha value is -1.36. The van der Waals surface area contributed by atoms with Gasteiger partial charge in [0.05, 0.1) is 11.3 Å². The number of anilines is 1. The van der Waals surface area contributed by atoms with Crippen molar-refractivity contribution in [3.63, 3.8) is 0 Å². The van der Waals surface area contributed by atoms with E-state index in [2.05, 4.69) is 21.2 Å². The summed E-state index contributed by atoms with van der Waals surface area (Å²) < 4.78 is 0.556. The van der Waals surface area contributed by atoms with Gasteiger partial charge in [0.15, 0.2) is 0 Å². The van der Waals surface area contributed by atoms with Gasteiger partial charge in [0.2, 0.25) is 5.91 Å². The fraction of sp³-hybridized carbons (Fsp3) is 0.200. The Bertz CT molecular complexity index is 429. The zero-order valence-corrected chi connectivity index (χ0v) is 9.88. The minimum absolute atomic E-state index is 0.111. The van der Waals surface area contributed by atoms with Crippen molar-refractivity contribution >= 4 is 33.5 Å². The summed E-state index contributed by atoms with van der Waals surface area (Å²) in [6.07, 6.45) is 0. The molecule has 0 spiro atoms. The average molecular weight is 272 g/mol. The Labute approximate surface area is 95.4 Å². The van der Waals surface area contributed by atoms with Gasteiger partial charge in [-0.15, -0.1) is 0 Å². The van der Waals surface area contributed by atoms with Gasteiger partial charge in [-0.3, -0.25) is 4.79 Å². The molecule has 2 N–H and O–H groups in total. The number of carboxylic acids is 1. The third kappa shape index (κ3) is 2.56. The Morgan fingerprint density at radius 2 is 2.00 bits per heavy atom. The molecule has 0 saturated carbocycles. The van der Waals surface area contributed by atoms with Gasteiger partial charge < -0.3 is 10.4 Å². The van der Waals surface area contributed by atoms with Crippen LogP contribution >= 0.6 is 15.9 Å². The molecule has 0 aromatic heterocycles. The van der Waals surface area contributed by atoms with Crippen molar-refractivity contribution in [1.82, 2.24) is 0 Å². The second kappa shape index (κ2) is 4.44. The number of aryl methyl sites for hydroxylation is 1. The van der Waals surface area contributed by atoms with Crippen molar-refractivity contribution in [2.45, 2.75) is 13.8 Å². The van der Waals surface area contributed by atoms with Crippen molar-refractivity contribution < 1.29 is 14.7 Å². The van der Waals surface area contributed by atoms with E-state index < -0.39 is 5.97 Å². The van der Waals surface area contributed by atoms with Crippen LogP contribution in [-0.2, 0) is 4.79 Å². The molecule has 0 saturated heterocycles. The molecule has 0 atom stereocenters. The third-order valence-corrected chi connectivity index (χ3v) is 2.54. The Kier molecular flexibility index (Phi) is 3.47. The summed E-state index contributed by atoms with van der Waals surface area (Å²) in [5, 5.41) is 11.5. The summed E-state index contributed by atoms with van der Waals surface area (Å²) in [6.45, 7) is 3.02. The van der Waals surface area contributed by atoms with E-state index in [1.165, 1.54) is 6.92 Å². The van der Waals surface area contributed by atoms with Gasteiger partial charge in [-0.2, -0.15) is 0 Å². The number of carbonyl (C=O) groups excluding carboxylic acids is 1. The van der Waals surface area contributed by atoms with Crippen LogP contribution in [0.2, 0.25) is 0 Å². The summed E-state index contributed by atoms with van der Waals surface area (Å²) >= 11 is 3.20. The first-order valence-corrected chi connectivity index (χ1v) is 5.02. The lowest BCUT2D eigenvalue weighted by molar-refractivity contribution is -0.114. The molecule has 0 radical (unpaired) electrons. The molecule has 4 nitrogen and oxygen atoms in total. The molecular weight excluding hydrogens is 262 g/mol. The predicted octanol–water partition coefficient (Wildman–Crippen LogP) is 2.41. The summed E-state index contributed by atoms with van der Waals surface area (Å²) in [5.41, 5.74) is 1.02. The standard InChI is InChI=1S/C10H10BrNO3/c1-5-3-4-7(11)9(12-6(2)13)8(5)10(14)15/h3-4H,1-2H3,(H,12,13)(H,14,15). The maximum absolute atomic E-state index is 11.0. The Morgan fingerprint density at radius 3 is 2.47 bits per heavy atom. The molecule has 0 fully saturated rings.